The normalized spacial score (nSPS) is 11.7. The van der Waals surface area contributed by atoms with Crippen LogP contribution in [0.1, 0.15) is 55.6 Å². The van der Waals surface area contributed by atoms with Gasteiger partial charge < -0.3 is 14.2 Å². The largest absolute Gasteiger partial charge is 0.494 e. The predicted molar refractivity (Wildman–Crippen MR) is 124 cm³/mol. The lowest BCUT2D eigenvalue weighted by atomic mass is 10.1. The third kappa shape index (κ3) is 6.43. The minimum Gasteiger partial charge on any atom is -0.494 e. The molecule has 0 saturated heterocycles. The van der Waals surface area contributed by atoms with Crippen LogP contribution < -0.4 is 9.47 Å². The van der Waals surface area contributed by atoms with E-state index in [2.05, 4.69) is 6.92 Å². The molecule has 4 heteroatoms. The highest BCUT2D eigenvalue weighted by molar-refractivity contribution is 5.91. The third-order valence-electron chi connectivity index (χ3n) is 5.05. The number of hydrogen-bond donors (Lipinski definition) is 0. The van der Waals surface area contributed by atoms with Crippen LogP contribution in [0.15, 0.2) is 72.8 Å². The maximum absolute atomic E-state index is 12.5. The molecule has 162 valence electrons. The van der Waals surface area contributed by atoms with Gasteiger partial charge in [-0.15, -0.1) is 0 Å². The van der Waals surface area contributed by atoms with Crippen LogP contribution in [0.4, 0.5) is 0 Å². The topological polar surface area (TPSA) is 44.8 Å². The Labute approximate surface area is 184 Å². The average Bonchev–Trinajstić information content (AvgIpc) is 2.80. The van der Waals surface area contributed by atoms with E-state index < -0.39 is 0 Å². The van der Waals surface area contributed by atoms with Crippen LogP contribution in [-0.4, -0.2) is 19.2 Å². The van der Waals surface area contributed by atoms with E-state index in [0.717, 1.165) is 41.9 Å². The maximum Gasteiger partial charge on any atom is 0.343 e. The summed E-state index contributed by atoms with van der Waals surface area (Å²) in [5, 5.41) is 0. The second-order valence-corrected chi connectivity index (χ2v) is 7.36. The number of esters is 1. The van der Waals surface area contributed by atoms with Crippen LogP contribution in [0, 0.1) is 0 Å². The molecule has 0 N–H and O–H groups in total. The molecule has 4 nitrogen and oxygen atoms in total. The molecule has 0 amide bonds. The van der Waals surface area contributed by atoms with E-state index in [1.165, 1.54) is 0 Å². The van der Waals surface area contributed by atoms with Crippen molar-refractivity contribution in [3.63, 3.8) is 0 Å². The van der Waals surface area contributed by atoms with Crippen molar-refractivity contribution in [1.29, 1.82) is 0 Å². The highest BCUT2D eigenvalue weighted by Crippen LogP contribution is 2.25. The van der Waals surface area contributed by atoms with Crippen LogP contribution in [0.5, 0.6) is 11.5 Å². The summed E-state index contributed by atoms with van der Waals surface area (Å²) < 4.78 is 16.8. The fourth-order valence-electron chi connectivity index (χ4n) is 3.20. The van der Waals surface area contributed by atoms with E-state index in [0.29, 0.717) is 17.9 Å². The Morgan fingerprint density at radius 3 is 1.94 bits per heavy atom. The predicted octanol–water partition coefficient (Wildman–Crippen LogP) is 6.85. The summed E-state index contributed by atoms with van der Waals surface area (Å²) in [6, 6.07) is 22.9. The number of ether oxygens (including phenoxy) is 3. The molecule has 0 fully saturated rings. The lowest BCUT2D eigenvalue weighted by Gasteiger charge is -2.12. The number of hydrogen-bond acceptors (Lipinski definition) is 4. The standard InChI is InChI=1S/C27H30O4/c1-4-6-19-30-25-15-11-22(12-16-25)23-13-17-26(18-14-23)31-27(28)24-9-7-21(8-10-24)20(3)29-5-2/h7-18,20H,4-6,19H2,1-3H3. The Balaban J connectivity index is 1.59. The van der Waals surface area contributed by atoms with Crippen LogP contribution in [0.2, 0.25) is 0 Å². The molecule has 0 aliphatic heterocycles. The van der Waals surface area contributed by atoms with Crippen molar-refractivity contribution < 1.29 is 19.0 Å². The average molecular weight is 419 g/mol. The maximum atomic E-state index is 12.5. The van der Waals surface area contributed by atoms with Gasteiger partial charge in [0.05, 0.1) is 18.3 Å². The first kappa shape index (κ1) is 22.6. The fraction of sp³-hybridized carbons (Fsp3) is 0.296. The number of carbonyl (C=O) groups excluding carboxylic acids is 1. The van der Waals surface area contributed by atoms with Gasteiger partial charge in [-0.2, -0.15) is 0 Å². The van der Waals surface area contributed by atoms with Crippen LogP contribution >= 0.6 is 0 Å². The first-order chi connectivity index (χ1) is 15.1. The van der Waals surface area contributed by atoms with Gasteiger partial charge in [-0.1, -0.05) is 49.7 Å². The van der Waals surface area contributed by atoms with Crippen molar-refractivity contribution in [2.45, 2.75) is 39.7 Å². The van der Waals surface area contributed by atoms with Gasteiger partial charge in [-0.05, 0) is 73.4 Å². The summed E-state index contributed by atoms with van der Waals surface area (Å²) in [6.07, 6.45) is 2.17. The van der Waals surface area contributed by atoms with E-state index in [1.54, 1.807) is 12.1 Å². The molecule has 0 bridgehead atoms. The SMILES string of the molecule is CCCCOc1ccc(-c2ccc(OC(=O)c3ccc(C(C)OCC)cc3)cc2)cc1. The molecule has 1 unspecified atom stereocenters. The Kier molecular flexibility index (Phi) is 8.25. The van der Waals surface area contributed by atoms with Gasteiger partial charge in [-0.25, -0.2) is 4.79 Å². The molecule has 0 radical (unpaired) electrons. The molecular formula is C27H30O4. The monoisotopic (exact) mass is 418 g/mol. The zero-order valence-electron chi connectivity index (χ0n) is 18.5. The van der Waals surface area contributed by atoms with Gasteiger partial charge in [0, 0.05) is 6.61 Å². The van der Waals surface area contributed by atoms with Crippen molar-refractivity contribution in [3.05, 3.63) is 83.9 Å². The highest BCUT2D eigenvalue weighted by Gasteiger charge is 2.11. The number of benzene rings is 3. The summed E-state index contributed by atoms with van der Waals surface area (Å²) >= 11 is 0. The molecule has 3 aromatic carbocycles. The van der Waals surface area contributed by atoms with Gasteiger partial charge >= 0.3 is 5.97 Å². The molecule has 0 heterocycles. The number of rotatable bonds is 10. The summed E-state index contributed by atoms with van der Waals surface area (Å²) in [5.41, 5.74) is 3.67. The number of unbranched alkanes of at least 4 members (excludes halogenated alkanes) is 1. The summed E-state index contributed by atoms with van der Waals surface area (Å²) in [5.74, 6) is 1.02. The van der Waals surface area contributed by atoms with Gasteiger partial charge in [0.25, 0.3) is 0 Å². The van der Waals surface area contributed by atoms with Crippen LogP contribution in [0.25, 0.3) is 11.1 Å². The summed E-state index contributed by atoms with van der Waals surface area (Å²) in [4.78, 5) is 12.5. The van der Waals surface area contributed by atoms with Crippen molar-refractivity contribution in [1.82, 2.24) is 0 Å². The molecule has 0 spiro atoms. The second kappa shape index (κ2) is 11.3. The van der Waals surface area contributed by atoms with E-state index in [1.807, 2.05) is 74.5 Å². The molecule has 3 rings (SSSR count). The second-order valence-electron chi connectivity index (χ2n) is 7.36. The fourth-order valence-corrected chi connectivity index (χ4v) is 3.20. The van der Waals surface area contributed by atoms with Crippen molar-refractivity contribution in [2.24, 2.45) is 0 Å². The van der Waals surface area contributed by atoms with Gasteiger partial charge in [-0.3, -0.25) is 0 Å². The quantitative estimate of drug-likeness (QED) is 0.205. The Morgan fingerprint density at radius 1 is 0.806 bits per heavy atom. The summed E-state index contributed by atoms with van der Waals surface area (Å²) in [7, 11) is 0. The zero-order chi connectivity index (χ0) is 22.1. The molecule has 0 saturated carbocycles. The molecule has 1 atom stereocenters. The van der Waals surface area contributed by atoms with E-state index in [9.17, 15) is 4.79 Å². The summed E-state index contributed by atoms with van der Waals surface area (Å²) in [6.45, 7) is 7.49. The van der Waals surface area contributed by atoms with E-state index in [4.69, 9.17) is 14.2 Å². The smallest absolute Gasteiger partial charge is 0.343 e. The molecule has 3 aromatic rings. The Hall–Kier alpha value is -3.11. The third-order valence-corrected chi connectivity index (χ3v) is 5.05. The van der Waals surface area contributed by atoms with Crippen LogP contribution in [0.3, 0.4) is 0 Å². The highest BCUT2D eigenvalue weighted by atomic mass is 16.5. The molecular weight excluding hydrogens is 388 g/mol. The lowest BCUT2D eigenvalue weighted by molar-refractivity contribution is 0.0729. The van der Waals surface area contributed by atoms with Gasteiger partial charge in [0.2, 0.25) is 0 Å². The van der Waals surface area contributed by atoms with Crippen molar-refractivity contribution in [3.8, 4) is 22.6 Å². The molecule has 0 aliphatic carbocycles. The molecule has 0 aliphatic rings. The van der Waals surface area contributed by atoms with Gasteiger partial charge in [0.15, 0.2) is 0 Å². The minimum atomic E-state index is -0.378. The number of carbonyl (C=O) groups is 1. The van der Waals surface area contributed by atoms with Crippen molar-refractivity contribution in [2.75, 3.05) is 13.2 Å². The lowest BCUT2D eigenvalue weighted by Crippen LogP contribution is -2.09. The van der Waals surface area contributed by atoms with Gasteiger partial charge in [0.1, 0.15) is 11.5 Å². The zero-order valence-corrected chi connectivity index (χ0v) is 18.5. The van der Waals surface area contributed by atoms with E-state index >= 15 is 0 Å². The first-order valence-corrected chi connectivity index (χ1v) is 10.9. The minimum absolute atomic E-state index is 0.000385. The van der Waals surface area contributed by atoms with Crippen LogP contribution in [-0.2, 0) is 4.74 Å². The first-order valence-electron chi connectivity index (χ1n) is 10.9. The van der Waals surface area contributed by atoms with Crippen molar-refractivity contribution >= 4 is 5.97 Å². The Morgan fingerprint density at radius 2 is 1.39 bits per heavy atom. The molecule has 31 heavy (non-hydrogen) atoms. The Bertz CT molecular complexity index is 944. The molecule has 0 aromatic heterocycles. The van der Waals surface area contributed by atoms with E-state index in [-0.39, 0.29) is 12.1 Å².